The van der Waals surface area contributed by atoms with Crippen LogP contribution in [0.1, 0.15) is 15.4 Å². The van der Waals surface area contributed by atoms with E-state index in [9.17, 15) is 18.0 Å². The summed E-state index contributed by atoms with van der Waals surface area (Å²) in [5.41, 5.74) is 1.53. The second-order valence-electron chi connectivity index (χ2n) is 5.10. The molecule has 0 aliphatic heterocycles. The lowest BCUT2D eigenvalue weighted by Crippen LogP contribution is -2.22. The predicted octanol–water partition coefficient (Wildman–Crippen LogP) is 4.81. The Bertz CT molecular complexity index is 905. The molecular weight excluding hydrogens is 373 g/mol. The zero-order valence-electron chi connectivity index (χ0n) is 12.5. The van der Waals surface area contributed by atoms with E-state index in [0.29, 0.717) is 10.7 Å². The molecule has 2 aromatic carbocycles. The van der Waals surface area contributed by atoms with Gasteiger partial charge >= 0.3 is 0 Å². The van der Waals surface area contributed by atoms with Crippen molar-refractivity contribution in [3.05, 3.63) is 74.8 Å². The van der Waals surface area contributed by atoms with Crippen LogP contribution in [0.15, 0.2) is 41.8 Å². The molecule has 0 spiro atoms. The van der Waals surface area contributed by atoms with Crippen molar-refractivity contribution in [1.29, 1.82) is 0 Å². The van der Waals surface area contributed by atoms with Crippen molar-refractivity contribution in [2.75, 3.05) is 0 Å². The van der Waals surface area contributed by atoms with Gasteiger partial charge in [0.05, 0.1) is 5.69 Å². The van der Waals surface area contributed by atoms with Crippen LogP contribution in [0, 0.1) is 17.5 Å². The standard InChI is InChI=1S/C17H10ClF3N2OS/c18-11-3-1-10(2-4-11)14-8-25-17(23-14)16(24)22-7-9-5-12(19)15(21)13(20)6-9/h1-6,8H,7H2,(H,22,24). The maximum Gasteiger partial charge on any atom is 0.280 e. The highest BCUT2D eigenvalue weighted by Crippen LogP contribution is 2.23. The van der Waals surface area contributed by atoms with Gasteiger partial charge in [-0.2, -0.15) is 0 Å². The molecule has 0 saturated heterocycles. The molecule has 0 bridgehead atoms. The summed E-state index contributed by atoms with van der Waals surface area (Å²) in [6.45, 7) is -0.150. The highest BCUT2D eigenvalue weighted by Gasteiger charge is 2.14. The number of nitrogens with zero attached hydrogens (tertiary/aromatic N) is 1. The number of thiazole rings is 1. The Labute approximate surface area is 150 Å². The van der Waals surface area contributed by atoms with Crippen LogP contribution in [-0.4, -0.2) is 10.9 Å². The van der Waals surface area contributed by atoms with Gasteiger partial charge in [0, 0.05) is 22.5 Å². The van der Waals surface area contributed by atoms with Crippen LogP contribution in [0.4, 0.5) is 13.2 Å². The quantitative estimate of drug-likeness (QED) is 0.658. The molecule has 0 saturated carbocycles. The van der Waals surface area contributed by atoms with Gasteiger partial charge in [-0.25, -0.2) is 18.2 Å². The smallest absolute Gasteiger partial charge is 0.280 e. The molecule has 1 aromatic heterocycles. The number of carbonyl (C=O) groups is 1. The van der Waals surface area contributed by atoms with Crippen molar-refractivity contribution < 1.29 is 18.0 Å². The Balaban J connectivity index is 1.69. The summed E-state index contributed by atoms with van der Waals surface area (Å²) < 4.78 is 39.2. The molecule has 128 valence electrons. The van der Waals surface area contributed by atoms with Crippen LogP contribution in [0.2, 0.25) is 5.02 Å². The lowest BCUT2D eigenvalue weighted by atomic mass is 10.2. The van der Waals surface area contributed by atoms with Gasteiger partial charge in [-0.1, -0.05) is 23.7 Å². The van der Waals surface area contributed by atoms with Gasteiger partial charge in [0.2, 0.25) is 0 Å². The number of amides is 1. The molecule has 1 N–H and O–H groups in total. The van der Waals surface area contributed by atoms with E-state index in [0.717, 1.165) is 29.0 Å². The summed E-state index contributed by atoms with van der Waals surface area (Å²) in [7, 11) is 0. The van der Waals surface area contributed by atoms with Gasteiger partial charge in [-0.3, -0.25) is 4.79 Å². The second kappa shape index (κ2) is 7.25. The van der Waals surface area contributed by atoms with Crippen LogP contribution in [-0.2, 0) is 6.54 Å². The highest BCUT2D eigenvalue weighted by atomic mass is 35.5. The largest absolute Gasteiger partial charge is 0.346 e. The van der Waals surface area contributed by atoms with Crippen LogP contribution >= 0.6 is 22.9 Å². The predicted molar refractivity (Wildman–Crippen MR) is 90.0 cm³/mol. The first-order valence-electron chi connectivity index (χ1n) is 7.07. The minimum Gasteiger partial charge on any atom is -0.346 e. The Morgan fingerprint density at radius 2 is 1.76 bits per heavy atom. The first kappa shape index (κ1) is 17.4. The summed E-state index contributed by atoms with van der Waals surface area (Å²) in [6.07, 6.45) is 0. The fourth-order valence-corrected chi connectivity index (χ4v) is 2.97. The zero-order chi connectivity index (χ0) is 18.0. The number of hydrogen-bond donors (Lipinski definition) is 1. The van der Waals surface area contributed by atoms with E-state index in [2.05, 4.69) is 10.3 Å². The van der Waals surface area contributed by atoms with E-state index in [1.807, 2.05) is 0 Å². The van der Waals surface area contributed by atoms with E-state index in [4.69, 9.17) is 11.6 Å². The van der Waals surface area contributed by atoms with E-state index in [1.165, 1.54) is 0 Å². The van der Waals surface area contributed by atoms with E-state index < -0.39 is 23.4 Å². The number of benzene rings is 2. The van der Waals surface area contributed by atoms with Crippen molar-refractivity contribution in [1.82, 2.24) is 10.3 Å². The fraction of sp³-hybridized carbons (Fsp3) is 0.0588. The van der Waals surface area contributed by atoms with Crippen molar-refractivity contribution in [2.24, 2.45) is 0 Å². The van der Waals surface area contributed by atoms with Gasteiger partial charge in [0.15, 0.2) is 22.5 Å². The molecule has 8 heteroatoms. The van der Waals surface area contributed by atoms with Gasteiger partial charge in [-0.05, 0) is 29.8 Å². The Kier molecular flexibility index (Phi) is 5.06. The van der Waals surface area contributed by atoms with Crippen LogP contribution in [0.5, 0.6) is 0 Å². The molecule has 25 heavy (non-hydrogen) atoms. The number of hydrogen-bond acceptors (Lipinski definition) is 3. The van der Waals surface area contributed by atoms with E-state index in [-0.39, 0.29) is 17.1 Å². The molecule has 3 aromatic rings. The highest BCUT2D eigenvalue weighted by molar-refractivity contribution is 7.12. The molecule has 0 atom stereocenters. The second-order valence-corrected chi connectivity index (χ2v) is 6.40. The number of carbonyl (C=O) groups excluding carboxylic acids is 1. The Morgan fingerprint density at radius 3 is 2.40 bits per heavy atom. The summed E-state index contributed by atoms with van der Waals surface area (Å²) in [5.74, 6) is -4.63. The molecular formula is C17H10ClF3N2OS. The molecule has 3 nitrogen and oxygen atoms in total. The van der Waals surface area contributed by atoms with Crippen LogP contribution in [0.25, 0.3) is 11.3 Å². The minimum absolute atomic E-state index is 0.110. The molecule has 1 amide bonds. The third-order valence-electron chi connectivity index (χ3n) is 3.34. The average Bonchev–Trinajstić information content (AvgIpc) is 3.08. The summed E-state index contributed by atoms with van der Waals surface area (Å²) in [5, 5.41) is 5.01. The molecule has 0 aliphatic carbocycles. The molecule has 3 rings (SSSR count). The number of rotatable bonds is 4. The molecule has 0 unspecified atom stereocenters. The summed E-state index contributed by atoms with van der Waals surface area (Å²) in [6, 6.07) is 8.66. The fourth-order valence-electron chi connectivity index (χ4n) is 2.10. The van der Waals surface area contributed by atoms with Crippen molar-refractivity contribution in [3.8, 4) is 11.3 Å². The third-order valence-corrected chi connectivity index (χ3v) is 4.43. The normalized spacial score (nSPS) is 10.7. The van der Waals surface area contributed by atoms with Gasteiger partial charge < -0.3 is 5.32 Å². The molecule has 0 aliphatic rings. The van der Waals surface area contributed by atoms with Gasteiger partial charge in [-0.15, -0.1) is 11.3 Å². The van der Waals surface area contributed by atoms with Crippen LogP contribution < -0.4 is 5.32 Å². The molecule has 0 fully saturated rings. The number of nitrogens with one attached hydrogen (secondary N) is 1. The molecule has 0 radical (unpaired) electrons. The Morgan fingerprint density at radius 1 is 1.12 bits per heavy atom. The van der Waals surface area contributed by atoms with E-state index >= 15 is 0 Å². The van der Waals surface area contributed by atoms with E-state index in [1.54, 1.807) is 29.6 Å². The average molecular weight is 383 g/mol. The maximum absolute atomic E-state index is 13.2. The van der Waals surface area contributed by atoms with Crippen molar-refractivity contribution in [3.63, 3.8) is 0 Å². The first-order chi connectivity index (χ1) is 11.9. The lowest BCUT2D eigenvalue weighted by Gasteiger charge is -2.05. The monoisotopic (exact) mass is 382 g/mol. The van der Waals surface area contributed by atoms with Crippen LogP contribution in [0.3, 0.4) is 0 Å². The summed E-state index contributed by atoms with van der Waals surface area (Å²) in [4.78, 5) is 16.3. The van der Waals surface area contributed by atoms with Crippen molar-refractivity contribution in [2.45, 2.75) is 6.54 Å². The maximum atomic E-state index is 13.2. The van der Waals surface area contributed by atoms with Gasteiger partial charge in [0.1, 0.15) is 0 Å². The molecule has 1 heterocycles. The lowest BCUT2D eigenvalue weighted by molar-refractivity contribution is 0.0950. The summed E-state index contributed by atoms with van der Waals surface area (Å²) >= 11 is 6.96. The zero-order valence-corrected chi connectivity index (χ0v) is 14.1. The van der Waals surface area contributed by atoms with Gasteiger partial charge in [0.25, 0.3) is 5.91 Å². The SMILES string of the molecule is O=C(NCc1cc(F)c(F)c(F)c1)c1nc(-c2ccc(Cl)cc2)cs1. The number of halogens is 4. The topological polar surface area (TPSA) is 42.0 Å². The third kappa shape index (κ3) is 4.00. The number of aromatic nitrogens is 1. The minimum atomic E-state index is -1.54. The Hall–Kier alpha value is -2.38. The van der Waals surface area contributed by atoms with Crippen molar-refractivity contribution >= 4 is 28.8 Å². The first-order valence-corrected chi connectivity index (χ1v) is 8.33.